The van der Waals surface area contributed by atoms with Crippen LogP contribution in [-0.2, 0) is 14.8 Å². The van der Waals surface area contributed by atoms with Crippen molar-refractivity contribution in [1.82, 2.24) is 4.31 Å². The van der Waals surface area contributed by atoms with Gasteiger partial charge in [-0.25, -0.2) is 8.42 Å². The van der Waals surface area contributed by atoms with Gasteiger partial charge >= 0.3 is 0 Å². The average Bonchev–Trinajstić information content (AvgIpc) is 2.36. The first-order valence-electron chi connectivity index (χ1n) is 6.23. The van der Waals surface area contributed by atoms with E-state index in [1.165, 1.54) is 4.31 Å². The molecular weight excluding hydrogens is 240 g/mol. The summed E-state index contributed by atoms with van der Waals surface area (Å²) in [7, 11) is -1.54. The molecule has 1 fully saturated rings. The van der Waals surface area contributed by atoms with E-state index in [1.54, 1.807) is 7.05 Å². The van der Waals surface area contributed by atoms with Gasteiger partial charge in [-0.05, 0) is 19.3 Å². The summed E-state index contributed by atoms with van der Waals surface area (Å²) >= 11 is 0. The van der Waals surface area contributed by atoms with Crippen molar-refractivity contribution in [1.29, 1.82) is 0 Å². The number of unbranched alkanes of at least 4 members (excludes halogenated alkanes) is 1. The van der Waals surface area contributed by atoms with Crippen molar-refractivity contribution < 1.29 is 13.2 Å². The fourth-order valence-electron chi connectivity index (χ4n) is 2.16. The lowest BCUT2D eigenvalue weighted by molar-refractivity contribution is 0.0166. The molecule has 5 nitrogen and oxygen atoms in total. The molecule has 1 heterocycles. The van der Waals surface area contributed by atoms with Gasteiger partial charge in [-0.15, -0.1) is 0 Å². The Labute approximate surface area is 104 Å². The number of nitrogens with zero attached hydrogens (tertiary/aromatic N) is 1. The SMILES string of the molecule is CCCCS(=O)(=O)N(C)C1(CN)CCOCC1. The number of sulfonamides is 1. The summed E-state index contributed by atoms with van der Waals surface area (Å²) in [4.78, 5) is 0. The molecule has 0 aromatic rings. The van der Waals surface area contributed by atoms with Crippen molar-refractivity contribution in [2.24, 2.45) is 5.73 Å². The summed E-state index contributed by atoms with van der Waals surface area (Å²) in [6.07, 6.45) is 2.95. The molecule has 0 spiro atoms. The molecule has 1 aliphatic heterocycles. The van der Waals surface area contributed by atoms with E-state index >= 15 is 0 Å². The van der Waals surface area contributed by atoms with Crippen LogP contribution in [0.4, 0.5) is 0 Å². The predicted molar refractivity (Wildman–Crippen MR) is 68.3 cm³/mol. The van der Waals surface area contributed by atoms with Gasteiger partial charge in [-0.3, -0.25) is 0 Å². The highest BCUT2D eigenvalue weighted by atomic mass is 32.2. The molecule has 0 aromatic heterocycles. The van der Waals surface area contributed by atoms with Gasteiger partial charge in [0, 0.05) is 26.8 Å². The molecule has 17 heavy (non-hydrogen) atoms. The van der Waals surface area contributed by atoms with Crippen LogP contribution in [0, 0.1) is 0 Å². The maximum absolute atomic E-state index is 12.2. The molecular formula is C11H24N2O3S. The van der Waals surface area contributed by atoms with Crippen molar-refractivity contribution in [3.05, 3.63) is 0 Å². The van der Waals surface area contributed by atoms with E-state index in [0.717, 1.165) is 6.42 Å². The van der Waals surface area contributed by atoms with Crippen LogP contribution in [0.15, 0.2) is 0 Å². The summed E-state index contributed by atoms with van der Waals surface area (Å²) in [5.74, 6) is 0.211. The third kappa shape index (κ3) is 3.40. The van der Waals surface area contributed by atoms with Crippen LogP contribution in [0.3, 0.4) is 0 Å². The molecule has 2 N–H and O–H groups in total. The van der Waals surface area contributed by atoms with Gasteiger partial charge < -0.3 is 10.5 Å². The van der Waals surface area contributed by atoms with Crippen LogP contribution < -0.4 is 5.73 Å². The second-order valence-electron chi connectivity index (χ2n) is 4.68. The van der Waals surface area contributed by atoms with E-state index in [1.807, 2.05) is 6.92 Å². The maximum atomic E-state index is 12.2. The zero-order valence-electron chi connectivity index (χ0n) is 10.8. The molecule has 0 atom stereocenters. The Kier molecular flexibility index (Phi) is 5.37. The van der Waals surface area contributed by atoms with Crippen LogP contribution >= 0.6 is 0 Å². The topological polar surface area (TPSA) is 72.6 Å². The van der Waals surface area contributed by atoms with Crippen LogP contribution in [0.25, 0.3) is 0 Å². The highest BCUT2D eigenvalue weighted by molar-refractivity contribution is 7.89. The van der Waals surface area contributed by atoms with Gasteiger partial charge in [0.15, 0.2) is 0 Å². The minimum Gasteiger partial charge on any atom is -0.381 e. The minimum absolute atomic E-state index is 0.211. The molecule has 102 valence electrons. The minimum atomic E-state index is -3.19. The maximum Gasteiger partial charge on any atom is 0.214 e. The molecule has 1 aliphatic rings. The van der Waals surface area contributed by atoms with E-state index < -0.39 is 15.6 Å². The Morgan fingerprint density at radius 2 is 1.94 bits per heavy atom. The second-order valence-corrected chi connectivity index (χ2v) is 6.80. The van der Waals surface area contributed by atoms with Crippen molar-refractivity contribution in [2.45, 2.75) is 38.1 Å². The van der Waals surface area contributed by atoms with Crippen LogP contribution in [0.5, 0.6) is 0 Å². The summed E-state index contributed by atoms with van der Waals surface area (Å²) in [5, 5.41) is 0. The van der Waals surface area contributed by atoms with Crippen LogP contribution in [-0.4, -0.2) is 50.8 Å². The van der Waals surface area contributed by atoms with Gasteiger partial charge in [0.1, 0.15) is 0 Å². The number of rotatable bonds is 6. The molecule has 0 unspecified atom stereocenters. The van der Waals surface area contributed by atoms with E-state index in [2.05, 4.69) is 0 Å². The standard InChI is InChI=1S/C11H24N2O3S/c1-3-4-9-17(14,15)13(2)11(10-12)5-7-16-8-6-11/h3-10,12H2,1-2H3. The third-order valence-corrected chi connectivity index (χ3v) is 5.67. The summed E-state index contributed by atoms with van der Waals surface area (Å²) in [6.45, 7) is 3.52. The molecule has 0 radical (unpaired) electrons. The first-order chi connectivity index (χ1) is 7.98. The summed E-state index contributed by atoms with van der Waals surface area (Å²) < 4.78 is 31.2. The Bertz CT molecular complexity index is 324. The van der Waals surface area contributed by atoms with Crippen molar-refractivity contribution >= 4 is 10.0 Å². The Morgan fingerprint density at radius 1 is 1.35 bits per heavy atom. The Balaban J connectivity index is 2.80. The Morgan fingerprint density at radius 3 is 2.41 bits per heavy atom. The molecule has 0 bridgehead atoms. The van der Waals surface area contributed by atoms with Crippen molar-refractivity contribution in [3.63, 3.8) is 0 Å². The third-order valence-electron chi connectivity index (χ3n) is 3.64. The number of ether oxygens (including phenoxy) is 1. The van der Waals surface area contributed by atoms with Crippen molar-refractivity contribution in [2.75, 3.05) is 32.6 Å². The molecule has 0 aromatic carbocycles. The van der Waals surface area contributed by atoms with Gasteiger partial charge in [0.05, 0.1) is 11.3 Å². The monoisotopic (exact) mass is 264 g/mol. The van der Waals surface area contributed by atoms with Crippen LogP contribution in [0.2, 0.25) is 0 Å². The predicted octanol–water partition coefficient (Wildman–Crippen LogP) is 0.556. The number of hydrogen-bond acceptors (Lipinski definition) is 4. The van der Waals surface area contributed by atoms with Crippen molar-refractivity contribution in [3.8, 4) is 0 Å². The largest absolute Gasteiger partial charge is 0.381 e. The number of likely N-dealkylation sites (N-methyl/N-ethyl adjacent to an activating group) is 1. The Hall–Kier alpha value is -0.170. The molecule has 1 saturated heterocycles. The summed E-state index contributed by atoms with van der Waals surface area (Å²) in [5.41, 5.74) is 5.36. The van der Waals surface area contributed by atoms with Crippen LogP contribution in [0.1, 0.15) is 32.6 Å². The first kappa shape index (κ1) is 14.9. The normalized spacial score (nSPS) is 20.7. The lowest BCUT2D eigenvalue weighted by Gasteiger charge is -2.42. The molecule has 1 rings (SSSR count). The first-order valence-corrected chi connectivity index (χ1v) is 7.84. The molecule has 0 amide bonds. The zero-order valence-corrected chi connectivity index (χ0v) is 11.6. The fraction of sp³-hybridized carbons (Fsp3) is 1.00. The number of hydrogen-bond donors (Lipinski definition) is 1. The van der Waals surface area contributed by atoms with E-state index in [-0.39, 0.29) is 5.75 Å². The van der Waals surface area contributed by atoms with Gasteiger partial charge in [0.25, 0.3) is 0 Å². The average molecular weight is 264 g/mol. The molecule has 6 heteroatoms. The summed E-state index contributed by atoms with van der Waals surface area (Å²) in [6, 6.07) is 0. The highest BCUT2D eigenvalue weighted by Crippen LogP contribution is 2.28. The number of nitrogens with two attached hydrogens (primary N) is 1. The van der Waals surface area contributed by atoms with E-state index in [9.17, 15) is 8.42 Å². The lowest BCUT2D eigenvalue weighted by Crippen LogP contribution is -2.57. The fourth-order valence-corrected chi connectivity index (χ4v) is 3.93. The second kappa shape index (κ2) is 6.13. The van der Waals surface area contributed by atoms with E-state index in [4.69, 9.17) is 10.5 Å². The van der Waals surface area contributed by atoms with E-state index in [0.29, 0.717) is 39.0 Å². The van der Waals surface area contributed by atoms with Gasteiger partial charge in [0.2, 0.25) is 10.0 Å². The highest BCUT2D eigenvalue weighted by Gasteiger charge is 2.40. The zero-order chi connectivity index (χ0) is 12.9. The molecule has 0 aliphatic carbocycles. The quantitative estimate of drug-likeness (QED) is 0.760. The van der Waals surface area contributed by atoms with Gasteiger partial charge in [-0.2, -0.15) is 4.31 Å². The van der Waals surface area contributed by atoms with Gasteiger partial charge in [-0.1, -0.05) is 13.3 Å². The molecule has 0 saturated carbocycles. The smallest absolute Gasteiger partial charge is 0.214 e. The lowest BCUT2D eigenvalue weighted by atomic mass is 9.90.